The second kappa shape index (κ2) is 5.49. The number of anilines is 1. The molecule has 0 aliphatic heterocycles. The summed E-state index contributed by atoms with van der Waals surface area (Å²) in [7, 11) is 0. The van der Waals surface area contributed by atoms with Crippen LogP contribution in [-0.2, 0) is 0 Å². The first-order valence-electron chi connectivity index (χ1n) is 5.98. The van der Waals surface area contributed by atoms with Crippen molar-refractivity contribution in [1.82, 2.24) is 0 Å². The van der Waals surface area contributed by atoms with Gasteiger partial charge in [0.05, 0.1) is 16.8 Å². The molecule has 0 heterocycles. The van der Waals surface area contributed by atoms with Crippen LogP contribution in [0.2, 0.25) is 5.02 Å². The highest BCUT2D eigenvalue weighted by Gasteiger charge is 2.12. The average Bonchev–Trinajstić information content (AvgIpc) is 2.36. The van der Waals surface area contributed by atoms with Crippen LogP contribution in [0, 0.1) is 12.7 Å². The lowest BCUT2D eigenvalue weighted by Crippen LogP contribution is -2.07. The zero-order chi connectivity index (χ0) is 14.0. The van der Waals surface area contributed by atoms with Gasteiger partial charge in [-0.05, 0) is 38.1 Å². The summed E-state index contributed by atoms with van der Waals surface area (Å²) in [6, 6.07) is 9.34. The Hall–Kier alpha value is -1.74. The van der Waals surface area contributed by atoms with Crippen molar-refractivity contribution in [3.63, 3.8) is 0 Å². The second-order valence-corrected chi connectivity index (χ2v) is 4.96. The number of benzene rings is 2. The van der Waals surface area contributed by atoms with Gasteiger partial charge in [0.2, 0.25) is 0 Å². The van der Waals surface area contributed by atoms with E-state index in [1.54, 1.807) is 6.07 Å². The molecule has 0 fully saturated rings. The standard InChI is InChI=1S/C15H15ClFNO/c1-9-3-6-15(19)12(7-9)10(2)18-14-8-11(17)4-5-13(14)16/h3-8,10,18-19H,1-2H3. The summed E-state index contributed by atoms with van der Waals surface area (Å²) in [6.07, 6.45) is 0. The van der Waals surface area contributed by atoms with E-state index < -0.39 is 0 Å². The summed E-state index contributed by atoms with van der Waals surface area (Å²) in [5, 5.41) is 13.4. The van der Waals surface area contributed by atoms with E-state index in [2.05, 4.69) is 5.32 Å². The van der Waals surface area contributed by atoms with E-state index in [0.717, 1.165) is 11.1 Å². The molecule has 2 aromatic carbocycles. The quantitative estimate of drug-likeness (QED) is 0.856. The molecule has 1 atom stereocenters. The van der Waals surface area contributed by atoms with E-state index >= 15 is 0 Å². The van der Waals surface area contributed by atoms with Gasteiger partial charge in [-0.3, -0.25) is 0 Å². The molecule has 1 unspecified atom stereocenters. The number of phenols is 1. The van der Waals surface area contributed by atoms with Crippen molar-refractivity contribution in [2.75, 3.05) is 5.32 Å². The maximum absolute atomic E-state index is 13.2. The van der Waals surface area contributed by atoms with Crippen LogP contribution in [0.5, 0.6) is 5.75 Å². The smallest absolute Gasteiger partial charge is 0.125 e. The number of aromatic hydroxyl groups is 1. The number of rotatable bonds is 3. The van der Waals surface area contributed by atoms with Crippen LogP contribution in [0.1, 0.15) is 24.1 Å². The summed E-state index contributed by atoms with van der Waals surface area (Å²) in [5.41, 5.74) is 2.31. The molecule has 2 aromatic rings. The highest BCUT2D eigenvalue weighted by Crippen LogP contribution is 2.30. The normalized spacial score (nSPS) is 12.2. The molecular weight excluding hydrogens is 265 g/mol. The molecule has 100 valence electrons. The minimum Gasteiger partial charge on any atom is -0.508 e. The van der Waals surface area contributed by atoms with Crippen LogP contribution in [0.4, 0.5) is 10.1 Å². The summed E-state index contributed by atoms with van der Waals surface area (Å²) >= 11 is 6.01. The fourth-order valence-corrected chi connectivity index (χ4v) is 2.11. The van der Waals surface area contributed by atoms with Gasteiger partial charge in [0.25, 0.3) is 0 Å². The van der Waals surface area contributed by atoms with E-state index in [0.29, 0.717) is 10.7 Å². The number of phenolic OH excluding ortho intramolecular Hbond substituents is 1. The molecule has 2 rings (SSSR count). The number of hydrogen-bond acceptors (Lipinski definition) is 2. The van der Waals surface area contributed by atoms with Crippen LogP contribution in [0.25, 0.3) is 0 Å². The minimum absolute atomic E-state index is 0.181. The number of nitrogens with one attached hydrogen (secondary N) is 1. The molecule has 0 radical (unpaired) electrons. The fraction of sp³-hybridized carbons (Fsp3) is 0.200. The highest BCUT2D eigenvalue weighted by atomic mass is 35.5. The molecule has 19 heavy (non-hydrogen) atoms. The Morgan fingerprint density at radius 3 is 2.68 bits per heavy atom. The average molecular weight is 280 g/mol. The van der Waals surface area contributed by atoms with E-state index in [-0.39, 0.29) is 17.6 Å². The Morgan fingerprint density at radius 1 is 1.21 bits per heavy atom. The third kappa shape index (κ3) is 3.18. The van der Waals surface area contributed by atoms with E-state index in [4.69, 9.17) is 11.6 Å². The van der Waals surface area contributed by atoms with Gasteiger partial charge < -0.3 is 10.4 Å². The maximum Gasteiger partial charge on any atom is 0.125 e. The third-order valence-corrected chi connectivity index (χ3v) is 3.28. The third-order valence-electron chi connectivity index (χ3n) is 2.95. The monoisotopic (exact) mass is 279 g/mol. The van der Waals surface area contributed by atoms with Gasteiger partial charge in [0.1, 0.15) is 11.6 Å². The summed E-state index contributed by atoms with van der Waals surface area (Å²) in [5.74, 6) is -0.148. The topological polar surface area (TPSA) is 32.3 Å². The molecule has 0 saturated heterocycles. The SMILES string of the molecule is Cc1ccc(O)c(C(C)Nc2cc(F)ccc2Cl)c1. The zero-order valence-corrected chi connectivity index (χ0v) is 11.5. The summed E-state index contributed by atoms with van der Waals surface area (Å²) in [4.78, 5) is 0. The van der Waals surface area contributed by atoms with Gasteiger partial charge in [-0.2, -0.15) is 0 Å². The number of aryl methyl sites for hydroxylation is 1. The fourth-order valence-electron chi connectivity index (χ4n) is 1.94. The largest absolute Gasteiger partial charge is 0.508 e. The Kier molecular flexibility index (Phi) is 3.96. The van der Waals surface area contributed by atoms with E-state index in [1.165, 1.54) is 18.2 Å². The first-order chi connectivity index (χ1) is 8.97. The molecule has 0 bridgehead atoms. The van der Waals surface area contributed by atoms with Gasteiger partial charge >= 0.3 is 0 Å². The maximum atomic E-state index is 13.2. The number of hydrogen-bond donors (Lipinski definition) is 2. The molecule has 2 N–H and O–H groups in total. The van der Waals surface area contributed by atoms with Crippen LogP contribution in [0.15, 0.2) is 36.4 Å². The number of halogens is 2. The van der Waals surface area contributed by atoms with Crippen molar-refractivity contribution >= 4 is 17.3 Å². The van der Waals surface area contributed by atoms with Crippen LogP contribution >= 0.6 is 11.6 Å². The van der Waals surface area contributed by atoms with Crippen LogP contribution < -0.4 is 5.32 Å². The first-order valence-corrected chi connectivity index (χ1v) is 6.36. The lowest BCUT2D eigenvalue weighted by Gasteiger charge is -2.18. The Bertz CT molecular complexity index is 601. The predicted molar refractivity (Wildman–Crippen MR) is 76.3 cm³/mol. The van der Waals surface area contributed by atoms with Gasteiger partial charge in [0, 0.05) is 5.56 Å². The first kappa shape index (κ1) is 13.7. The lowest BCUT2D eigenvalue weighted by molar-refractivity contribution is 0.465. The Balaban J connectivity index is 2.27. The molecule has 0 aliphatic carbocycles. The molecule has 0 saturated carbocycles. The van der Waals surface area contributed by atoms with Crippen molar-refractivity contribution in [1.29, 1.82) is 0 Å². The van der Waals surface area contributed by atoms with Crippen LogP contribution in [-0.4, -0.2) is 5.11 Å². The van der Waals surface area contributed by atoms with E-state index in [9.17, 15) is 9.50 Å². The van der Waals surface area contributed by atoms with Gasteiger partial charge in [-0.1, -0.05) is 29.3 Å². The molecule has 0 aromatic heterocycles. The second-order valence-electron chi connectivity index (χ2n) is 4.55. The van der Waals surface area contributed by atoms with Crippen molar-refractivity contribution < 1.29 is 9.50 Å². The van der Waals surface area contributed by atoms with Gasteiger partial charge in [-0.15, -0.1) is 0 Å². The molecule has 0 spiro atoms. The van der Waals surface area contributed by atoms with Gasteiger partial charge in [0.15, 0.2) is 0 Å². The minimum atomic E-state index is -0.354. The summed E-state index contributed by atoms with van der Waals surface area (Å²) < 4.78 is 13.2. The van der Waals surface area contributed by atoms with Crippen molar-refractivity contribution in [3.05, 3.63) is 58.4 Å². The molecule has 2 nitrogen and oxygen atoms in total. The Morgan fingerprint density at radius 2 is 1.95 bits per heavy atom. The molecule has 4 heteroatoms. The van der Waals surface area contributed by atoms with Crippen molar-refractivity contribution in [2.45, 2.75) is 19.9 Å². The van der Waals surface area contributed by atoms with Gasteiger partial charge in [-0.25, -0.2) is 4.39 Å². The predicted octanol–water partition coefficient (Wildman–Crippen LogP) is 4.67. The van der Waals surface area contributed by atoms with E-state index in [1.807, 2.05) is 26.0 Å². The Labute approximate surface area is 116 Å². The highest BCUT2D eigenvalue weighted by molar-refractivity contribution is 6.33. The summed E-state index contributed by atoms with van der Waals surface area (Å²) in [6.45, 7) is 3.83. The van der Waals surface area contributed by atoms with Crippen molar-refractivity contribution in [3.8, 4) is 5.75 Å². The van der Waals surface area contributed by atoms with Crippen molar-refractivity contribution in [2.24, 2.45) is 0 Å². The lowest BCUT2D eigenvalue weighted by atomic mass is 10.0. The molecule has 0 amide bonds. The van der Waals surface area contributed by atoms with Crippen LogP contribution in [0.3, 0.4) is 0 Å². The molecule has 0 aliphatic rings. The zero-order valence-electron chi connectivity index (χ0n) is 10.7. The molecular formula is C15H15ClFNO.